The molecule has 3 rings (SSSR count). The fourth-order valence-corrected chi connectivity index (χ4v) is 2.59. The number of fused-ring (bicyclic) bond motifs is 1. The minimum absolute atomic E-state index is 0.111. The van der Waals surface area contributed by atoms with Crippen LogP contribution in [-0.2, 0) is 6.54 Å². The highest BCUT2D eigenvalue weighted by molar-refractivity contribution is 5.97. The van der Waals surface area contributed by atoms with Gasteiger partial charge in [-0.15, -0.1) is 11.8 Å². The second-order valence-electron chi connectivity index (χ2n) is 5.77. The van der Waals surface area contributed by atoms with Crippen LogP contribution in [0.1, 0.15) is 29.3 Å². The van der Waals surface area contributed by atoms with Crippen LogP contribution in [0.3, 0.4) is 0 Å². The second-order valence-corrected chi connectivity index (χ2v) is 5.77. The maximum absolute atomic E-state index is 12.4. The van der Waals surface area contributed by atoms with Crippen LogP contribution in [-0.4, -0.2) is 17.5 Å². The first-order valence-corrected chi connectivity index (χ1v) is 8.50. The van der Waals surface area contributed by atoms with Gasteiger partial charge in [-0.05, 0) is 48.9 Å². The van der Waals surface area contributed by atoms with Gasteiger partial charge in [-0.1, -0.05) is 18.2 Å². The Morgan fingerprint density at radius 1 is 1.15 bits per heavy atom. The van der Waals surface area contributed by atoms with Crippen molar-refractivity contribution in [2.24, 2.45) is 0 Å². The summed E-state index contributed by atoms with van der Waals surface area (Å²) in [6, 6.07) is 17.0. The van der Waals surface area contributed by atoms with Crippen LogP contribution in [0.15, 0.2) is 60.8 Å². The van der Waals surface area contributed by atoms with Crippen LogP contribution in [0.25, 0.3) is 10.9 Å². The number of carbonyl (C=O) groups excluding carboxylic acids is 1. The van der Waals surface area contributed by atoms with Crippen molar-refractivity contribution in [3.63, 3.8) is 0 Å². The van der Waals surface area contributed by atoms with E-state index in [0.717, 1.165) is 22.2 Å². The fraction of sp³-hybridized carbons (Fsp3) is 0.182. The van der Waals surface area contributed by atoms with E-state index < -0.39 is 0 Å². The Kier molecular flexibility index (Phi) is 5.84. The molecule has 0 saturated carbocycles. The number of aromatic nitrogens is 1. The molecule has 0 atom stereocenters. The number of pyridine rings is 1. The van der Waals surface area contributed by atoms with E-state index in [1.54, 1.807) is 12.3 Å². The van der Waals surface area contributed by atoms with Crippen LogP contribution in [0.2, 0.25) is 0 Å². The smallest absolute Gasteiger partial charge is 0.251 e. The summed E-state index contributed by atoms with van der Waals surface area (Å²) in [6.07, 6.45) is 2.44. The summed E-state index contributed by atoms with van der Waals surface area (Å²) < 4.78 is 5.67. The molecule has 0 fully saturated rings. The lowest BCUT2D eigenvalue weighted by Gasteiger charge is -2.09. The maximum atomic E-state index is 12.4. The Morgan fingerprint density at radius 3 is 2.96 bits per heavy atom. The van der Waals surface area contributed by atoms with Crippen LogP contribution in [0.4, 0.5) is 0 Å². The first-order valence-electron chi connectivity index (χ1n) is 8.50. The van der Waals surface area contributed by atoms with Crippen molar-refractivity contribution in [2.75, 3.05) is 6.61 Å². The van der Waals surface area contributed by atoms with Gasteiger partial charge in [0.05, 0.1) is 12.1 Å². The van der Waals surface area contributed by atoms with Gasteiger partial charge in [0, 0.05) is 30.1 Å². The molecule has 1 N–H and O–H groups in total. The number of amides is 1. The largest absolute Gasteiger partial charge is 0.493 e. The van der Waals surface area contributed by atoms with Gasteiger partial charge >= 0.3 is 0 Å². The van der Waals surface area contributed by atoms with Gasteiger partial charge in [0.25, 0.3) is 5.91 Å². The molecule has 1 aromatic heterocycles. The van der Waals surface area contributed by atoms with E-state index >= 15 is 0 Å². The van der Waals surface area contributed by atoms with Crippen LogP contribution in [0.5, 0.6) is 5.75 Å². The monoisotopic (exact) mass is 344 g/mol. The second kappa shape index (κ2) is 8.68. The van der Waals surface area contributed by atoms with Crippen molar-refractivity contribution in [1.82, 2.24) is 10.3 Å². The summed E-state index contributed by atoms with van der Waals surface area (Å²) in [7, 11) is 0. The van der Waals surface area contributed by atoms with Gasteiger partial charge in [0.2, 0.25) is 0 Å². The van der Waals surface area contributed by atoms with Crippen LogP contribution < -0.4 is 10.1 Å². The van der Waals surface area contributed by atoms with Gasteiger partial charge < -0.3 is 10.1 Å². The van der Waals surface area contributed by atoms with Crippen molar-refractivity contribution < 1.29 is 9.53 Å². The topological polar surface area (TPSA) is 51.2 Å². The number of rotatable bonds is 6. The zero-order valence-corrected chi connectivity index (χ0v) is 14.7. The minimum Gasteiger partial charge on any atom is -0.493 e. The highest BCUT2D eigenvalue weighted by atomic mass is 16.5. The number of ether oxygens (including phenoxy) is 1. The predicted molar refractivity (Wildman–Crippen MR) is 103 cm³/mol. The van der Waals surface area contributed by atoms with E-state index in [4.69, 9.17) is 4.74 Å². The maximum Gasteiger partial charge on any atom is 0.251 e. The van der Waals surface area contributed by atoms with E-state index in [-0.39, 0.29) is 5.91 Å². The molecule has 0 aliphatic heterocycles. The van der Waals surface area contributed by atoms with E-state index in [0.29, 0.717) is 25.1 Å². The molecule has 0 unspecified atom stereocenters. The van der Waals surface area contributed by atoms with Crippen molar-refractivity contribution in [3.05, 3.63) is 71.9 Å². The first-order chi connectivity index (χ1) is 12.8. The molecule has 3 aromatic rings. The quantitative estimate of drug-likeness (QED) is 0.544. The van der Waals surface area contributed by atoms with Gasteiger partial charge in [-0.3, -0.25) is 9.78 Å². The molecule has 0 aliphatic carbocycles. The Labute approximate surface area is 153 Å². The molecule has 4 heteroatoms. The van der Waals surface area contributed by atoms with E-state index in [1.807, 2.05) is 55.5 Å². The number of nitrogens with one attached hydrogen (secondary N) is 1. The summed E-state index contributed by atoms with van der Waals surface area (Å²) in [5.74, 6) is 6.48. The van der Waals surface area contributed by atoms with Crippen molar-refractivity contribution >= 4 is 16.8 Å². The average molecular weight is 344 g/mol. The summed E-state index contributed by atoms with van der Waals surface area (Å²) in [5, 5.41) is 3.90. The third-order valence-corrected chi connectivity index (χ3v) is 3.89. The third kappa shape index (κ3) is 4.61. The molecule has 0 spiro atoms. The van der Waals surface area contributed by atoms with Crippen molar-refractivity contribution in [3.8, 4) is 17.6 Å². The zero-order valence-electron chi connectivity index (χ0n) is 14.7. The standard InChI is InChI=1S/C22H20N2O2/c1-2-3-4-13-26-20-9-5-7-17(14-20)16-24-22(25)19-10-11-21-18(15-19)8-6-12-23-21/h5-12,14-15H,4,13,16H2,1H3,(H,24,25). The molecule has 1 heterocycles. The van der Waals surface area contributed by atoms with Crippen LogP contribution >= 0.6 is 0 Å². The van der Waals surface area contributed by atoms with E-state index in [2.05, 4.69) is 22.1 Å². The number of hydrogen-bond acceptors (Lipinski definition) is 3. The number of nitrogens with zero attached hydrogens (tertiary/aromatic N) is 1. The minimum atomic E-state index is -0.111. The fourth-order valence-electron chi connectivity index (χ4n) is 2.59. The third-order valence-electron chi connectivity index (χ3n) is 3.89. The average Bonchev–Trinajstić information content (AvgIpc) is 2.69. The molecule has 0 bridgehead atoms. The summed E-state index contributed by atoms with van der Waals surface area (Å²) in [4.78, 5) is 16.7. The van der Waals surface area contributed by atoms with Gasteiger partial charge in [0.1, 0.15) is 5.75 Å². The molecule has 130 valence electrons. The van der Waals surface area contributed by atoms with Gasteiger partial charge in [-0.25, -0.2) is 0 Å². The van der Waals surface area contributed by atoms with E-state index in [9.17, 15) is 4.79 Å². The van der Waals surface area contributed by atoms with Gasteiger partial charge in [0.15, 0.2) is 0 Å². The summed E-state index contributed by atoms with van der Waals surface area (Å²) in [5.41, 5.74) is 2.48. The van der Waals surface area contributed by atoms with E-state index in [1.165, 1.54) is 0 Å². The Hall–Kier alpha value is -3.32. The molecule has 4 nitrogen and oxygen atoms in total. The van der Waals surface area contributed by atoms with Crippen LogP contribution in [0, 0.1) is 11.8 Å². The Morgan fingerprint density at radius 2 is 2.08 bits per heavy atom. The summed E-state index contributed by atoms with van der Waals surface area (Å²) in [6.45, 7) is 2.81. The molecule has 0 radical (unpaired) electrons. The highest BCUT2D eigenvalue weighted by Crippen LogP contribution is 2.15. The lowest BCUT2D eigenvalue weighted by atomic mass is 10.1. The highest BCUT2D eigenvalue weighted by Gasteiger charge is 2.07. The molecular formula is C22H20N2O2. The molecule has 1 amide bonds. The SMILES string of the molecule is CC#CCCOc1cccc(CNC(=O)c2ccc3ncccc3c2)c1. The number of carbonyl (C=O) groups is 1. The zero-order chi connectivity index (χ0) is 18.2. The Bertz CT molecular complexity index is 970. The summed E-state index contributed by atoms with van der Waals surface area (Å²) >= 11 is 0. The molecule has 0 saturated heterocycles. The molecule has 0 aliphatic rings. The lowest BCUT2D eigenvalue weighted by Crippen LogP contribution is -2.22. The Balaban J connectivity index is 1.60. The first kappa shape index (κ1) is 17.5. The van der Waals surface area contributed by atoms with Crippen molar-refractivity contribution in [1.29, 1.82) is 0 Å². The van der Waals surface area contributed by atoms with Gasteiger partial charge in [-0.2, -0.15) is 0 Å². The number of benzene rings is 2. The molecule has 2 aromatic carbocycles. The van der Waals surface area contributed by atoms with Crippen molar-refractivity contribution in [2.45, 2.75) is 19.9 Å². The molecule has 26 heavy (non-hydrogen) atoms. The predicted octanol–water partition coefficient (Wildman–Crippen LogP) is 3.96. The normalized spacial score (nSPS) is 10.0. The molecular weight excluding hydrogens is 324 g/mol. The number of hydrogen-bond donors (Lipinski definition) is 1. The lowest BCUT2D eigenvalue weighted by molar-refractivity contribution is 0.0951.